The van der Waals surface area contributed by atoms with Crippen molar-refractivity contribution in [2.24, 2.45) is 0 Å². The van der Waals surface area contributed by atoms with Crippen molar-refractivity contribution < 1.29 is 0 Å². The van der Waals surface area contributed by atoms with Crippen LogP contribution in [0, 0.1) is 6.92 Å². The maximum absolute atomic E-state index is 6.24. The van der Waals surface area contributed by atoms with E-state index in [1.807, 2.05) is 12.1 Å². The highest BCUT2D eigenvalue weighted by Crippen LogP contribution is 2.34. The molecule has 0 saturated carbocycles. The third kappa shape index (κ3) is 4.57. The van der Waals surface area contributed by atoms with Crippen LogP contribution in [-0.4, -0.2) is 19.9 Å². The highest BCUT2D eigenvalue weighted by atomic mass is 79.9. The number of nitrogens with zero attached hydrogens (tertiary/aromatic N) is 4. The molecule has 6 rings (SSSR count). The normalized spacial score (nSPS) is 11.0. The van der Waals surface area contributed by atoms with Crippen molar-refractivity contribution in [2.45, 2.75) is 6.92 Å². The molecule has 0 fully saturated rings. The number of benzene rings is 3. The van der Waals surface area contributed by atoms with Crippen LogP contribution in [-0.2, 0) is 0 Å². The molecule has 0 spiro atoms. The first-order valence-electron chi connectivity index (χ1n) is 9.94. The number of thiophene rings is 1. The largest absolute Gasteiger partial charge is 0.253 e. The van der Waals surface area contributed by atoms with Gasteiger partial charge in [0, 0.05) is 49.6 Å². The average molecular weight is 554 g/mol. The van der Waals surface area contributed by atoms with E-state index in [0.717, 1.165) is 37.7 Å². The van der Waals surface area contributed by atoms with E-state index < -0.39 is 0 Å². The Morgan fingerprint density at radius 2 is 1.39 bits per heavy atom. The first-order chi connectivity index (χ1) is 16.0. The fourth-order valence-electron chi connectivity index (χ4n) is 3.58. The van der Waals surface area contributed by atoms with E-state index in [-0.39, 0.29) is 0 Å². The molecule has 3 aromatic carbocycles. The molecular weight excluding hydrogens is 539 g/mol. The van der Waals surface area contributed by atoms with Crippen molar-refractivity contribution in [3.05, 3.63) is 92.7 Å². The first kappa shape index (κ1) is 22.2. The number of aryl methyl sites for hydroxylation is 1. The molecule has 0 saturated heterocycles. The van der Waals surface area contributed by atoms with Crippen LogP contribution in [0.25, 0.3) is 43.3 Å². The van der Waals surface area contributed by atoms with Gasteiger partial charge in [0.15, 0.2) is 0 Å². The summed E-state index contributed by atoms with van der Waals surface area (Å²) in [5.41, 5.74) is 6.79. The monoisotopic (exact) mass is 552 g/mol. The molecule has 0 atom stereocenters. The van der Waals surface area contributed by atoms with Gasteiger partial charge in [0.25, 0.3) is 0 Å². The lowest BCUT2D eigenvalue weighted by Gasteiger charge is -2.07. The van der Waals surface area contributed by atoms with E-state index in [1.165, 1.54) is 15.6 Å². The van der Waals surface area contributed by atoms with Gasteiger partial charge in [-0.1, -0.05) is 29.3 Å². The van der Waals surface area contributed by atoms with Crippen molar-refractivity contribution in [3.8, 4) is 11.1 Å². The molecule has 3 heterocycles. The zero-order chi connectivity index (χ0) is 22.9. The molecule has 0 aliphatic carbocycles. The summed E-state index contributed by atoms with van der Waals surface area (Å²) in [6.07, 6.45) is 6.70. The molecule has 8 heteroatoms. The van der Waals surface area contributed by atoms with E-state index >= 15 is 0 Å². The maximum Gasteiger partial charge on any atom is 0.103 e. The molecule has 6 aromatic rings. The molecule has 0 bridgehead atoms. The smallest absolute Gasteiger partial charge is 0.103 e. The standard InChI is InChI=1S/C17H11ClN2S.C8H4BrClN2/c1-10-9-21-16-3-2-11(6-13(10)16)14-7-12(18)8-15-17(14)20-5-4-19-15;9-6-3-5(10)4-7-8(6)12-2-1-11-7/h2-9H,1H3;1-4H. The van der Waals surface area contributed by atoms with E-state index in [9.17, 15) is 0 Å². The van der Waals surface area contributed by atoms with Gasteiger partial charge in [-0.3, -0.25) is 19.9 Å². The van der Waals surface area contributed by atoms with Gasteiger partial charge in [-0.15, -0.1) is 11.3 Å². The number of hydrogen-bond donors (Lipinski definition) is 0. The van der Waals surface area contributed by atoms with Gasteiger partial charge in [0.2, 0.25) is 0 Å². The van der Waals surface area contributed by atoms with Gasteiger partial charge in [-0.05, 0) is 81.1 Å². The summed E-state index contributed by atoms with van der Waals surface area (Å²) < 4.78 is 2.17. The van der Waals surface area contributed by atoms with Gasteiger partial charge in [-0.2, -0.15) is 0 Å². The van der Waals surface area contributed by atoms with Crippen molar-refractivity contribution in [3.63, 3.8) is 0 Å². The molecule has 162 valence electrons. The van der Waals surface area contributed by atoms with E-state index in [4.69, 9.17) is 23.2 Å². The Hall–Kier alpha value is -2.64. The predicted molar refractivity (Wildman–Crippen MR) is 142 cm³/mol. The molecule has 4 nitrogen and oxygen atoms in total. The van der Waals surface area contributed by atoms with Crippen molar-refractivity contribution in [2.75, 3.05) is 0 Å². The second kappa shape index (κ2) is 9.31. The van der Waals surface area contributed by atoms with E-state index in [2.05, 4.69) is 66.4 Å². The van der Waals surface area contributed by atoms with E-state index in [0.29, 0.717) is 10.0 Å². The zero-order valence-corrected chi connectivity index (χ0v) is 21.2. The van der Waals surface area contributed by atoms with Crippen molar-refractivity contribution in [1.82, 2.24) is 19.9 Å². The zero-order valence-electron chi connectivity index (χ0n) is 17.3. The summed E-state index contributed by atoms with van der Waals surface area (Å²) in [6.45, 7) is 2.14. The van der Waals surface area contributed by atoms with Crippen LogP contribution >= 0.6 is 50.5 Å². The molecule has 0 unspecified atom stereocenters. The average Bonchev–Trinajstić information content (AvgIpc) is 3.19. The fourth-order valence-corrected chi connectivity index (χ4v) is 5.62. The summed E-state index contributed by atoms with van der Waals surface area (Å²) >= 11 is 17.2. The predicted octanol–water partition coefficient (Wildman–Crippen LogP) is 8.52. The first-order valence-corrected chi connectivity index (χ1v) is 12.4. The number of aromatic nitrogens is 4. The van der Waals surface area contributed by atoms with Crippen LogP contribution in [0.4, 0.5) is 0 Å². The molecule has 33 heavy (non-hydrogen) atoms. The van der Waals surface area contributed by atoms with Gasteiger partial charge >= 0.3 is 0 Å². The molecule has 0 aliphatic heterocycles. The Morgan fingerprint density at radius 3 is 2.15 bits per heavy atom. The molecule has 0 radical (unpaired) electrons. The number of rotatable bonds is 1. The van der Waals surface area contributed by atoms with Crippen LogP contribution < -0.4 is 0 Å². The quantitative estimate of drug-likeness (QED) is 0.205. The summed E-state index contributed by atoms with van der Waals surface area (Å²) in [4.78, 5) is 17.1. The van der Waals surface area contributed by atoms with Crippen LogP contribution in [0.2, 0.25) is 10.0 Å². The SMILES string of the molecule is Cc1csc2ccc(-c3cc(Cl)cc4nccnc34)cc12.Clc1cc(Br)c2nccnc2c1. The lowest BCUT2D eigenvalue weighted by atomic mass is 10.0. The van der Waals surface area contributed by atoms with Crippen LogP contribution in [0.3, 0.4) is 0 Å². The van der Waals surface area contributed by atoms with Gasteiger partial charge in [0.05, 0.1) is 16.6 Å². The summed E-state index contributed by atoms with van der Waals surface area (Å²) in [5.74, 6) is 0. The Morgan fingerprint density at radius 1 is 0.758 bits per heavy atom. The van der Waals surface area contributed by atoms with Crippen LogP contribution in [0.15, 0.2) is 77.1 Å². The van der Waals surface area contributed by atoms with Crippen molar-refractivity contribution >= 4 is 82.6 Å². The Kier molecular flexibility index (Phi) is 6.25. The molecule has 3 aromatic heterocycles. The molecular formula is C25H15BrCl2N4S. The van der Waals surface area contributed by atoms with Crippen LogP contribution in [0.5, 0.6) is 0 Å². The van der Waals surface area contributed by atoms with Gasteiger partial charge < -0.3 is 0 Å². The summed E-state index contributed by atoms with van der Waals surface area (Å²) in [5, 5.41) is 4.81. The second-order valence-corrected chi connectivity index (χ2v) is 9.96. The Balaban J connectivity index is 0.000000162. The Bertz CT molecular complexity index is 1630. The molecule has 0 N–H and O–H groups in total. The molecule has 0 amide bonds. The van der Waals surface area contributed by atoms with E-state index in [1.54, 1.807) is 48.3 Å². The van der Waals surface area contributed by atoms with Gasteiger partial charge in [-0.25, -0.2) is 0 Å². The summed E-state index contributed by atoms with van der Waals surface area (Å²) in [7, 11) is 0. The van der Waals surface area contributed by atoms with Crippen LogP contribution in [0.1, 0.15) is 5.56 Å². The third-order valence-corrected chi connectivity index (χ3v) is 7.23. The fraction of sp³-hybridized carbons (Fsp3) is 0.0400. The maximum atomic E-state index is 6.24. The van der Waals surface area contributed by atoms with Gasteiger partial charge in [0.1, 0.15) is 5.52 Å². The minimum Gasteiger partial charge on any atom is -0.253 e. The highest BCUT2D eigenvalue weighted by molar-refractivity contribution is 9.10. The third-order valence-electron chi connectivity index (χ3n) is 5.11. The lowest BCUT2D eigenvalue weighted by molar-refractivity contribution is 1.29. The second-order valence-electron chi connectivity index (χ2n) is 7.32. The number of halogens is 3. The topological polar surface area (TPSA) is 51.6 Å². The van der Waals surface area contributed by atoms with Crippen molar-refractivity contribution in [1.29, 1.82) is 0 Å². The lowest BCUT2D eigenvalue weighted by Crippen LogP contribution is -1.87. The Labute approximate surface area is 212 Å². The molecule has 0 aliphatic rings. The number of hydrogen-bond acceptors (Lipinski definition) is 5. The highest BCUT2D eigenvalue weighted by Gasteiger charge is 2.10. The minimum atomic E-state index is 0.662. The number of fused-ring (bicyclic) bond motifs is 3. The minimum absolute atomic E-state index is 0.662. The summed E-state index contributed by atoms with van der Waals surface area (Å²) in [6, 6.07) is 13.9.